The fourth-order valence-electron chi connectivity index (χ4n) is 3.79. The molecule has 0 spiro atoms. The Morgan fingerprint density at radius 3 is 2.20 bits per heavy atom. The lowest BCUT2D eigenvalue weighted by atomic mass is 10.0. The zero-order valence-electron chi connectivity index (χ0n) is 17.7. The standard InChI is InChI=1S/C25H29ClN2O2/c1-3-5-6-10-17-28-24(29)22(20-13-15-21(26)16-14-20)23(25(28)30)27(4-2)18-19-11-8-7-9-12-19/h7-9,11-16H,3-6,10,17-18H2,1-2H3. The molecule has 2 aromatic rings. The van der Waals surface area contributed by atoms with Gasteiger partial charge >= 0.3 is 0 Å². The second-order valence-corrected chi connectivity index (χ2v) is 7.99. The minimum atomic E-state index is -0.208. The number of hydrogen-bond donors (Lipinski definition) is 0. The number of imide groups is 1. The van der Waals surface area contributed by atoms with Crippen molar-refractivity contribution in [3.05, 3.63) is 76.4 Å². The Bertz CT molecular complexity index is 907. The van der Waals surface area contributed by atoms with Crippen LogP contribution in [-0.2, 0) is 16.1 Å². The molecule has 2 amide bonds. The van der Waals surface area contributed by atoms with Crippen LogP contribution in [0.1, 0.15) is 50.7 Å². The van der Waals surface area contributed by atoms with Crippen molar-refractivity contribution in [1.82, 2.24) is 9.80 Å². The van der Waals surface area contributed by atoms with Gasteiger partial charge in [-0.05, 0) is 36.6 Å². The monoisotopic (exact) mass is 424 g/mol. The van der Waals surface area contributed by atoms with E-state index >= 15 is 0 Å². The number of halogens is 1. The summed E-state index contributed by atoms with van der Waals surface area (Å²) in [4.78, 5) is 30.2. The number of benzene rings is 2. The third-order valence-corrected chi connectivity index (χ3v) is 5.68. The van der Waals surface area contributed by atoms with Crippen molar-refractivity contribution in [2.45, 2.75) is 46.1 Å². The Kier molecular flexibility index (Phi) is 7.69. The lowest BCUT2D eigenvalue weighted by Crippen LogP contribution is -2.35. The number of unbranched alkanes of at least 4 members (excludes halogenated alkanes) is 3. The zero-order valence-corrected chi connectivity index (χ0v) is 18.5. The quantitative estimate of drug-likeness (QED) is 0.372. The van der Waals surface area contributed by atoms with Crippen LogP contribution >= 0.6 is 11.6 Å². The molecular weight excluding hydrogens is 396 g/mol. The van der Waals surface area contributed by atoms with Gasteiger partial charge in [-0.2, -0.15) is 0 Å². The molecule has 2 aromatic carbocycles. The van der Waals surface area contributed by atoms with Gasteiger partial charge in [-0.15, -0.1) is 0 Å². The van der Waals surface area contributed by atoms with Gasteiger partial charge in [0.1, 0.15) is 5.70 Å². The Balaban J connectivity index is 1.96. The van der Waals surface area contributed by atoms with Crippen LogP contribution in [-0.4, -0.2) is 34.7 Å². The predicted molar refractivity (Wildman–Crippen MR) is 122 cm³/mol. The number of nitrogens with zero attached hydrogens (tertiary/aromatic N) is 2. The highest BCUT2D eigenvalue weighted by Crippen LogP contribution is 2.33. The number of carbonyl (C=O) groups excluding carboxylic acids is 2. The highest BCUT2D eigenvalue weighted by Gasteiger charge is 2.40. The van der Waals surface area contributed by atoms with E-state index in [1.165, 1.54) is 4.90 Å². The molecule has 4 nitrogen and oxygen atoms in total. The van der Waals surface area contributed by atoms with Gasteiger partial charge in [0.15, 0.2) is 0 Å². The molecule has 0 saturated heterocycles. The van der Waals surface area contributed by atoms with E-state index in [9.17, 15) is 9.59 Å². The lowest BCUT2D eigenvalue weighted by molar-refractivity contribution is -0.137. The van der Waals surface area contributed by atoms with E-state index in [1.54, 1.807) is 12.1 Å². The maximum absolute atomic E-state index is 13.4. The van der Waals surface area contributed by atoms with E-state index in [-0.39, 0.29) is 11.8 Å². The summed E-state index contributed by atoms with van der Waals surface area (Å²) >= 11 is 6.06. The highest BCUT2D eigenvalue weighted by molar-refractivity contribution is 6.36. The van der Waals surface area contributed by atoms with Crippen molar-refractivity contribution in [1.29, 1.82) is 0 Å². The summed E-state index contributed by atoms with van der Waals surface area (Å²) < 4.78 is 0. The molecule has 1 aliphatic heterocycles. The minimum absolute atomic E-state index is 0.195. The van der Waals surface area contributed by atoms with Gasteiger partial charge in [-0.3, -0.25) is 14.5 Å². The van der Waals surface area contributed by atoms with E-state index in [1.807, 2.05) is 54.3 Å². The van der Waals surface area contributed by atoms with E-state index in [4.69, 9.17) is 11.6 Å². The fourth-order valence-corrected chi connectivity index (χ4v) is 3.91. The van der Waals surface area contributed by atoms with E-state index < -0.39 is 0 Å². The summed E-state index contributed by atoms with van der Waals surface area (Å²) in [5.74, 6) is -0.403. The molecule has 0 unspecified atom stereocenters. The molecule has 0 saturated carbocycles. The second-order valence-electron chi connectivity index (χ2n) is 7.55. The molecule has 3 rings (SSSR count). The minimum Gasteiger partial charge on any atom is -0.362 e. The molecule has 0 fully saturated rings. The van der Waals surface area contributed by atoms with Crippen LogP contribution in [0.25, 0.3) is 5.57 Å². The van der Waals surface area contributed by atoms with Crippen molar-refractivity contribution in [2.24, 2.45) is 0 Å². The van der Waals surface area contributed by atoms with Crippen molar-refractivity contribution in [3.63, 3.8) is 0 Å². The van der Waals surface area contributed by atoms with Crippen LogP contribution in [0.15, 0.2) is 60.3 Å². The van der Waals surface area contributed by atoms with Crippen molar-refractivity contribution in [3.8, 4) is 0 Å². The van der Waals surface area contributed by atoms with Crippen LogP contribution in [0.3, 0.4) is 0 Å². The summed E-state index contributed by atoms with van der Waals surface area (Å²) in [6.07, 6.45) is 4.07. The largest absolute Gasteiger partial charge is 0.362 e. The highest BCUT2D eigenvalue weighted by atomic mass is 35.5. The Morgan fingerprint density at radius 2 is 1.57 bits per heavy atom. The van der Waals surface area contributed by atoms with E-state index in [2.05, 4.69) is 6.92 Å². The van der Waals surface area contributed by atoms with Gasteiger partial charge < -0.3 is 4.90 Å². The summed E-state index contributed by atoms with van der Waals surface area (Å²) in [7, 11) is 0. The van der Waals surface area contributed by atoms with Gasteiger partial charge in [0.2, 0.25) is 0 Å². The second kappa shape index (κ2) is 10.4. The van der Waals surface area contributed by atoms with Gasteiger partial charge in [-0.25, -0.2) is 0 Å². The van der Waals surface area contributed by atoms with Crippen LogP contribution in [0.2, 0.25) is 5.02 Å². The van der Waals surface area contributed by atoms with Crippen molar-refractivity contribution in [2.75, 3.05) is 13.1 Å². The molecule has 1 aliphatic rings. The molecular formula is C25H29ClN2O2. The van der Waals surface area contributed by atoms with E-state index in [0.29, 0.717) is 35.9 Å². The first-order chi connectivity index (χ1) is 14.6. The Labute approximate surface area is 184 Å². The average Bonchev–Trinajstić information content (AvgIpc) is 3.01. The number of amides is 2. The SMILES string of the molecule is CCCCCCN1C(=O)C(c2ccc(Cl)cc2)=C(N(CC)Cc2ccccc2)C1=O. The maximum atomic E-state index is 13.4. The number of rotatable bonds is 10. The summed E-state index contributed by atoms with van der Waals surface area (Å²) in [6, 6.07) is 17.2. The molecule has 0 N–H and O–H groups in total. The molecule has 0 aromatic heterocycles. The van der Waals surface area contributed by atoms with Crippen LogP contribution in [0, 0.1) is 0 Å². The van der Waals surface area contributed by atoms with Crippen LogP contribution in [0.4, 0.5) is 0 Å². The van der Waals surface area contributed by atoms with Gasteiger partial charge in [0.25, 0.3) is 11.8 Å². The fraction of sp³-hybridized carbons (Fsp3) is 0.360. The molecule has 5 heteroatoms. The third-order valence-electron chi connectivity index (χ3n) is 5.43. The number of hydrogen-bond acceptors (Lipinski definition) is 3. The lowest BCUT2D eigenvalue weighted by Gasteiger charge is -2.25. The zero-order chi connectivity index (χ0) is 21.5. The average molecular weight is 425 g/mol. The third kappa shape index (κ3) is 4.93. The molecule has 158 valence electrons. The number of likely N-dealkylation sites (N-methyl/N-ethyl adjacent to an activating group) is 1. The first kappa shape index (κ1) is 22.1. The van der Waals surface area contributed by atoms with Gasteiger partial charge in [-0.1, -0.05) is 80.3 Å². The first-order valence-electron chi connectivity index (χ1n) is 10.7. The molecule has 1 heterocycles. The molecule has 0 atom stereocenters. The Hall–Kier alpha value is -2.59. The smallest absolute Gasteiger partial charge is 0.277 e. The van der Waals surface area contributed by atoms with Crippen molar-refractivity contribution >= 4 is 29.0 Å². The first-order valence-corrected chi connectivity index (χ1v) is 11.1. The predicted octanol–water partition coefficient (Wildman–Crippen LogP) is 5.52. The molecule has 0 radical (unpaired) electrons. The van der Waals surface area contributed by atoms with E-state index in [0.717, 1.165) is 36.8 Å². The summed E-state index contributed by atoms with van der Waals surface area (Å²) in [6.45, 7) is 5.82. The molecule has 30 heavy (non-hydrogen) atoms. The molecule has 0 bridgehead atoms. The summed E-state index contributed by atoms with van der Waals surface area (Å²) in [5, 5.41) is 0.603. The van der Waals surface area contributed by atoms with Crippen molar-refractivity contribution < 1.29 is 9.59 Å². The van der Waals surface area contributed by atoms with Crippen LogP contribution in [0.5, 0.6) is 0 Å². The molecule has 0 aliphatic carbocycles. The Morgan fingerprint density at radius 1 is 0.867 bits per heavy atom. The van der Waals surface area contributed by atoms with Gasteiger partial charge in [0.05, 0.1) is 5.57 Å². The van der Waals surface area contributed by atoms with Gasteiger partial charge in [0, 0.05) is 24.7 Å². The normalized spacial score (nSPS) is 14.0. The van der Waals surface area contributed by atoms with Crippen LogP contribution < -0.4 is 0 Å². The topological polar surface area (TPSA) is 40.6 Å². The number of carbonyl (C=O) groups is 2. The summed E-state index contributed by atoms with van der Waals surface area (Å²) in [5.41, 5.74) is 2.80. The maximum Gasteiger partial charge on any atom is 0.277 e.